The number of hydrogen-bond acceptors (Lipinski definition) is 4. The summed E-state index contributed by atoms with van der Waals surface area (Å²) in [6.45, 7) is 4.90. The molecule has 1 aromatic heterocycles. The predicted octanol–water partition coefficient (Wildman–Crippen LogP) is 2.30. The highest BCUT2D eigenvalue weighted by Crippen LogP contribution is 2.18. The Kier molecular flexibility index (Phi) is 4.68. The van der Waals surface area contributed by atoms with Gasteiger partial charge in [0.2, 0.25) is 0 Å². The standard InChI is InChI=1S/C14H19FN4O/c1-10(2)19-14(17-9-18-19)8-20-13-5-11(7-16-3)4-12(15)6-13/h4-6,9-10,16H,7-8H2,1-3H3. The van der Waals surface area contributed by atoms with Gasteiger partial charge in [0.25, 0.3) is 0 Å². The van der Waals surface area contributed by atoms with Gasteiger partial charge in [-0.05, 0) is 38.6 Å². The van der Waals surface area contributed by atoms with Crippen LogP contribution in [0.4, 0.5) is 4.39 Å². The first kappa shape index (κ1) is 14.5. The zero-order valence-corrected chi connectivity index (χ0v) is 11.9. The number of benzene rings is 1. The molecule has 0 spiro atoms. The molecule has 0 bridgehead atoms. The number of nitrogens with zero attached hydrogens (tertiary/aromatic N) is 3. The molecule has 6 heteroatoms. The smallest absolute Gasteiger partial charge is 0.165 e. The molecule has 2 rings (SSSR count). The summed E-state index contributed by atoms with van der Waals surface area (Å²) in [6, 6.07) is 4.88. The summed E-state index contributed by atoms with van der Waals surface area (Å²) in [5.74, 6) is 0.908. The summed E-state index contributed by atoms with van der Waals surface area (Å²) in [5, 5.41) is 7.12. The van der Waals surface area contributed by atoms with E-state index in [1.165, 1.54) is 18.5 Å². The molecule has 0 aliphatic heterocycles. The first-order valence-electron chi connectivity index (χ1n) is 6.55. The molecule has 0 radical (unpaired) electrons. The summed E-state index contributed by atoms with van der Waals surface area (Å²) in [6.07, 6.45) is 1.50. The van der Waals surface area contributed by atoms with E-state index < -0.39 is 0 Å². The van der Waals surface area contributed by atoms with Crippen LogP contribution in [-0.2, 0) is 13.2 Å². The average Bonchev–Trinajstić information content (AvgIpc) is 2.84. The lowest BCUT2D eigenvalue weighted by atomic mass is 10.2. The monoisotopic (exact) mass is 278 g/mol. The van der Waals surface area contributed by atoms with Gasteiger partial charge in [-0.25, -0.2) is 14.1 Å². The van der Waals surface area contributed by atoms with Crippen molar-refractivity contribution in [1.29, 1.82) is 0 Å². The van der Waals surface area contributed by atoms with Gasteiger partial charge in [-0.2, -0.15) is 5.10 Å². The van der Waals surface area contributed by atoms with Crippen molar-refractivity contribution in [3.8, 4) is 5.75 Å². The number of nitrogens with one attached hydrogen (secondary N) is 1. The van der Waals surface area contributed by atoms with Crippen LogP contribution in [0, 0.1) is 5.82 Å². The summed E-state index contributed by atoms with van der Waals surface area (Å²) in [5.41, 5.74) is 0.841. The van der Waals surface area contributed by atoms with E-state index in [2.05, 4.69) is 15.4 Å². The van der Waals surface area contributed by atoms with E-state index in [0.29, 0.717) is 12.3 Å². The maximum Gasteiger partial charge on any atom is 0.165 e. The van der Waals surface area contributed by atoms with Crippen LogP contribution in [0.5, 0.6) is 5.75 Å². The third-order valence-electron chi connectivity index (χ3n) is 2.82. The summed E-state index contributed by atoms with van der Waals surface area (Å²) in [4.78, 5) is 4.15. The van der Waals surface area contributed by atoms with Crippen LogP contribution in [0.2, 0.25) is 0 Å². The molecular weight excluding hydrogens is 259 g/mol. The van der Waals surface area contributed by atoms with Crippen molar-refractivity contribution in [3.63, 3.8) is 0 Å². The van der Waals surface area contributed by atoms with Crippen LogP contribution >= 0.6 is 0 Å². The van der Waals surface area contributed by atoms with Gasteiger partial charge in [-0.15, -0.1) is 0 Å². The molecule has 0 fully saturated rings. The van der Waals surface area contributed by atoms with Crippen molar-refractivity contribution in [3.05, 3.63) is 41.7 Å². The highest BCUT2D eigenvalue weighted by atomic mass is 19.1. The summed E-state index contributed by atoms with van der Waals surface area (Å²) >= 11 is 0. The minimum Gasteiger partial charge on any atom is -0.486 e. The molecule has 0 unspecified atom stereocenters. The second kappa shape index (κ2) is 6.47. The van der Waals surface area contributed by atoms with Gasteiger partial charge in [-0.1, -0.05) is 0 Å². The lowest BCUT2D eigenvalue weighted by Crippen LogP contribution is -2.11. The number of ether oxygens (including phenoxy) is 1. The molecule has 0 aliphatic carbocycles. The molecule has 1 aromatic carbocycles. The highest BCUT2D eigenvalue weighted by molar-refractivity contribution is 5.29. The van der Waals surface area contributed by atoms with Crippen molar-refractivity contribution in [2.75, 3.05) is 7.05 Å². The molecule has 0 atom stereocenters. The first-order valence-corrected chi connectivity index (χ1v) is 6.55. The van der Waals surface area contributed by atoms with Gasteiger partial charge < -0.3 is 10.1 Å². The van der Waals surface area contributed by atoms with Crippen molar-refractivity contribution in [2.45, 2.75) is 33.0 Å². The third kappa shape index (κ3) is 3.54. The maximum absolute atomic E-state index is 13.5. The maximum atomic E-state index is 13.5. The topological polar surface area (TPSA) is 52.0 Å². The number of halogens is 1. The Balaban J connectivity index is 2.08. The molecule has 1 N–H and O–H groups in total. The van der Waals surface area contributed by atoms with Crippen LogP contribution in [0.15, 0.2) is 24.5 Å². The third-order valence-corrected chi connectivity index (χ3v) is 2.82. The molecule has 5 nitrogen and oxygen atoms in total. The zero-order chi connectivity index (χ0) is 14.5. The van der Waals surface area contributed by atoms with Gasteiger partial charge in [0.05, 0.1) is 0 Å². The van der Waals surface area contributed by atoms with E-state index in [1.54, 1.807) is 4.68 Å². The van der Waals surface area contributed by atoms with Gasteiger partial charge >= 0.3 is 0 Å². The van der Waals surface area contributed by atoms with Crippen LogP contribution in [0.25, 0.3) is 0 Å². The predicted molar refractivity (Wildman–Crippen MR) is 73.9 cm³/mol. The normalized spacial score (nSPS) is 11.1. The molecule has 0 saturated heterocycles. The number of rotatable bonds is 6. The van der Waals surface area contributed by atoms with Crippen LogP contribution in [-0.4, -0.2) is 21.8 Å². The Hall–Kier alpha value is -1.95. The van der Waals surface area contributed by atoms with E-state index in [4.69, 9.17) is 4.74 Å². The molecule has 0 amide bonds. The summed E-state index contributed by atoms with van der Waals surface area (Å²) < 4.78 is 20.9. The first-order chi connectivity index (χ1) is 9.60. The minimum atomic E-state index is -0.307. The molecule has 20 heavy (non-hydrogen) atoms. The Labute approximate surface area is 117 Å². The Bertz CT molecular complexity index is 568. The molecule has 0 saturated carbocycles. The molecule has 0 aliphatic rings. The van der Waals surface area contributed by atoms with Crippen molar-refractivity contribution < 1.29 is 9.13 Å². The Morgan fingerprint density at radius 2 is 2.15 bits per heavy atom. The SMILES string of the molecule is CNCc1cc(F)cc(OCc2ncnn2C(C)C)c1. The highest BCUT2D eigenvalue weighted by Gasteiger charge is 2.09. The van der Waals surface area contributed by atoms with Crippen molar-refractivity contribution >= 4 is 0 Å². The van der Waals surface area contributed by atoms with E-state index >= 15 is 0 Å². The fraction of sp³-hybridized carbons (Fsp3) is 0.429. The van der Waals surface area contributed by atoms with Crippen molar-refractivity contribution in [1.82, 2.24) is 20.1 Å². The van der Waals surface area contributed by atoms with Gasteiger partial charge in [0, 0.05) is 18.7 Å². The van der Waals surface area contributed by atoms with Gasteiger partial charge in [0.1, 0.15) is 24.5 Å². The summed E-state index contributed by atoms with van der Waals surface area (Å²) in [7, 11) is 1.82. The van der Waals surface area contributed by atoms with Crippen LogP contribution in [0.1, 0.15) is 31.3 Å². The van der Waals surface area contributed by atoms with E-state index in [0.717, 1.165) is 11.4 Å². The molecule has 108 valence electrons. The van der Waals surface area contributed by atoms with E-state index in [1.807, 2.05) is 27.0 Å². The van der Waals surface area contributed by atoms with Gasteiger partial charge in [-0.3, -0.25) is 0 Å². The molecular formula is C14H19FN4O. The van der Waals surface area contributed by atoms with E-state index in [9.17, 15) is 4.39 Å². The Morgan fingerprint density at radius 3 is 2.85 bits per heavy atom. The lowest BCUT2D eigenvalue weighted by Gasteiger charge is -2.11. The van der Waals surface area contributed by atoms with Crippen LogP contribution in [0.3, 0.4) is 0 Å². The largest absolute Gasteiger partial charge is 0.486 e. The van der Waals surface area contributed by atoms with Gasteiger partial charge in [0.15, 0.2) is 5.82 Å². The fourth-order valence-corrected chi connectivity index (χ4v) is 1.97. The number of hydrogen-bond donors (Lipinski definition) is 1. The van der Waals surface area contributed by atoms with Crippen LogP contribution < -0.4 is 10.1 Å². The molecule has 1 heterocycles. The lowest BCUT2D eigenvalue weighted by molar-refractivity contribution is 0.281. The second-order valence-electron chi connectivity index (χ2n) is 4.83. The minimum absolute atomic E-state index is 0.212. The molecule has 2 aromatic rings. The Morgan fingerprint density at radius 1 is 1.35 bits per heavy atom. The average molecular weight is 278 g/mol. The van der Waals surface area contributed by atoms with E-state index in [-0.39, 0.29) is 18.5 Å². The second-order valence-corrected chi connectivity index (χ2v) is 4.83. The van der Waals surface area contributed by atoms with Crippen molar-refractivity contribution in [2.24, 2.45) is 0 Å². The number of aromatic nitrogens is 3. The zero-order valence-electron chi connectivity index (χ0n) is 11.9. The fourth-order valence-electron chi connectivity index (χ4n) is 1.97. The quantitative estimate of drug-likeness (QED) is 0.881.